The second-order valence-electron chi connectivity index (χ2n) is 5.17. The summed E-state index contributed by atoms with van der Waals surface area (Å²) in [6.07, 6.45) is 5.53. The number of hydrogen-bond acceptors (Lipinski definition) is 3. The van der Waals surface area contributed by atoms with Crippen molar-refractivity contribution < 1.29 is 4.74 Å². The van der Waals surface area contributed by atoms with Crippen LogP contribution in [0.3, 0.4) is 0 Å². The molecular formula is C12H19N3OS. The van der Waals surface area contributed by atoms with Crippen LogP contribution >= 0.6 is 12.2 Å². The maximum absolute atomic E-state index is 5.29. The van der Waals surface area contributed by atoms with Gasteiger partial charge in [0.05, 0.1) is 6.61 Å². The summed E-state index contributed by atoms with van der Waals surface area (Å²) in [6.45, 7) is 1.51. The Balaban J connectivity index is 1.81. The number of nitrogens with one attached hydrogen (secondary N) is 1. The molecule has 1 N–H and O–H groups in total. The maximum atomic E-state index is 5.29. The Kier molecular flexibility index (Phi) is 3.04. The Hall–Kier alpha value is -0.680. The van der Waals surface area contributed by atoms with Crippen LogP contribution < -0.4 is 0 Å². The molecule has 2 fully saturated rings. The quantitative estimate of drug-likeness (QED) is 0.838. The number of hydrogen-bond donors (Lipinski definition) is 1. The minimum atomic E-state index is 0.655. The molecule has 17 heavy (non-hydrogen) atoms. The summed E-state index contributed by atoms with van der Waals surface area (Å²) in [5.41, 5.74) is 0. The van der Waals surface area contributed by atoms with E-state index in [4.69, 9.17) is 17.0 Å². The summed E-state index contributed by atoms with van der Waals surface area (Å²) < 4.78 is 8.00. The van der Waals surface area contributed by atoms with E-state index in [1.54, 1.807) is 7.11 Å². The van der Waals surface area contributed by atoms with Gasteiger partial charge in [-0.15, -0.1) is 0 Å². The smallest absolute Gasteiger partial charge is 0.195 e. The zero-order chi connectivity index (χ0) is 11.8. The predicted octanol–water partition coefficient (Wildman–Crippen LogP) is 2.49. The van der Waals surface area contributed by atoms with Crippen molar-refractivity contribution in [3.8, 4) is 0 Å². The standard InChI is InChI=1S/C12H19N3OS/c1-16-7-6-15-11(13-14-12(15)17)10-8-4-2-3-5-9(8)10/h8-10H,2-7H2,1H3,(H,14,17). The normalized spacial score (nSPS) is 31.2. The van der Waals surface area contributed by atoms with Crippen LogP contribution in [-0.4, -0.2) is 28.5 Å². The summed E-state index contributed by atoms with van der Waals surface area (Å²) in [4.78, 5) is 0. The lowest BCUT2D eigenvalue weighted by atomic mass is 10.0. The molecule has 1 heterocycles. The summed E-state index contributed by atoms with van der Waals surface area (Å²) in [6, 6.07) is 0. The van der Waals surface area contributed by atoms with Crippen LogP contribution in [0, 0.1) is 16.6 Å². The summed E-state index contributed by atoms with van der Waals surface area (Å²) in [5, 5.41) is 7.38. The highest BCUT2D eigenvalue weighted by molar-refractivity contribution is 7.71. The second-order valence-corrected chi connectivity index (χ2v) is 5.56. The highest BCUT2D eigenvalue weighted by atomic mass is 32.1. The SMILES string of the molecule is COCCn1c(C2C3CCCCC32)n[nH]c1=S. The lowest BCUT2D eigenvalue weighted by molar-refractivity contribution is 0.185. The number of ether oxygens (including phenoxy) is 1. The van der Waals surface area contributed by atoms with Gasteiger partial charge in [-0.1, -0.05) is 12.8 Å². The Labute approximate surface area is 106 Å². The minimum Gasteiger partial charge on any atom is -0.383 e. The van der Waals surface area contributed by atoms with E-state index in [1.807, 2.05) is 0 Å². The van der Waals surface area contributed by atoms with Gasteiger partial charge in [-0.2, -0.15) is 5.10 Å². The second kappa shape index (κ2) is 4.53. The number of H-pyrrole nitrogens is 1. The van der Waals surface area contributed by atoms with Gasteiger partial charge in [-0.25, -0.2) is 0 Å². The summed E-state index contributed by atoms with van der Waals surface area (Å²) >= 11 is 5.29. The first-order chi connectivity index (χ1) is 8.33. The average molecular weight is 253 g/mol. The molecule has 1 aromatic heterocycles. The van der Waals surface area contributed by atoms with E-state index < -0.39 is 0 Å². The molecule has 2 atom stereocenters. The van der Waals surface area contributed by atoms with Gasteiger partial charge >= 0.3 is 0 Å². The van der Waals surface area contributed by atoms with E-state index in [-0.39, 0.29) is 0 Å². The first-order valence-electron chi connectivity index (χ1n) is 6.47. The molecule has 0 radical (unpaired) electrons. The molecule has 0 aliphatic heterocycles. The van der Waals surface area contributed by atoms with Crippen LogP contribution in [0.1, 0.15) is 37.4 Å². The fraction of sp³-hybridized carbons (Fsp3) is 0.833. The molecule has 0 saturated heterocycles. The first kappa shape index (κ1) is 11.4. The molecule has 2 unspecified atom stereocenters. The van der Waals surface area contributed by atoms with Crippen molar-refractivity contribution in [1.29, 1.82) is 0 Å². The number of aromatic amines is 1. The molecule has 0 aromatic carbocycles. The lowest BCUT2D eigenvalue weighted by Crippen LogP contribution is -2.08. The Morgan fingerprint density at radius 3 is 2.76 bits per heavy atom. The van der Waals surface area contributed by atoms with Gasteiger partial charge in [0.1, 0.15) is 5.82 Å². The maximum Gasteiger partial charge on any atom is 0.195 e. The van der Waals surface area contributed by atoms with Crippen LogP contribution in [0.5, 0.6) is 0 Å². The molecule has 0 bridgehead atoms. The molecule has 94 valence electrons. The molecule has 0 amide bonds. The Morgan fingerprint density at radius 2 is 2.12 bits per heavy atom. The molecule has 2 aliphatic rings. The van der Waals surface area contributed by atoms with Crippen molar-refractivity contribution in [3.63, 3.8) is 0 Å². The molecule has 0 spiro atoms. The van der Waals surface area contributed by atoms with E-state index in [2.05, 4.69) is 14.8 Å². The first-order valence-corrected chi connectivity index (χ1v) is 6.88. The zero-order valence-corrected chi connectivity index (χ0v) is 11.0. The van der Waals surface area contributed by atoms with Gasteiger partial charge in [0.15, 0.2) is 4.77 Å². The van der Waals surface area contributed by atoms with Crippen molar-refractivity contribution in [2.24, 2.45) is 11.8 Å². The van der Waals surface area contributed by atoms with Crippen molar-refractivity contribution in [3.05, 3.63) is 10.6 Å². The van der Waals surface area contributed by atoms with Gasteiger partial charge in [0.25, 0.3) is 0 Å². The minimum absolute atomic E-state index is 0.655. The molecule has 4 nitrogen and oxygen atoms in total. The molecule has 1 aromatic rings. The Bertz CT molecular complexity index is 441. The number of rotatable bonds is 4. The van der Waals surface area contributed by atoms with E-state index in [0.29, 0.717) is 12.5 Å². The zero-order valence-electron chi connectivity index (χ0n) is 10.2. The molecule has 2 aliphatic carbocycles. The summed E-state index contributed by atoms with van der Waals surface area (Å²) in [5.74, 6) is 3.57. The van der Waals surface area contributed by atoms with Crippen molar-refractivity contribution in [2.45, 2.75) is 38.1 Å². The number of aromatic nitrogens is 3. The Morgan fingerprint density at radius 1 is 1.41 bits per heavy atom. The van der Waals surface area contributed by atoms with Crippen LogP contribution in [-0.2, 0) is 11.3 Å². The third-order valence-corrected chi connectivity index (χ3v) is 4.57. The topological polar surface area (TPSA) is 42.8 Å². The average Bonchev–Trinajstić information content (AvgIpc) is 2.97. The van der Waals surface area contributed by atoms with Crippen molar-refractivity contribution >= 4 is 12.2 Å². The molecular weight excluding hydrogens is 234 g/mol. The fourth-order valence-corrected chi connectivity index (χ4v) is 3.59. The molecule has 5 heteroatoms. The van der Waals surface area contributed by atoms with Crippen LogP contribution in [0.15, 0.2) is 0 Å². The highest BCUT2D eigenvalue weighted by Gasteiger charge is 2.53. The van der Waals surface area contributed by atoms with Gasteiger partial charge in [-0.05, 0) is 36.9 Å². The van der Waals surface area contributed by atoms with Crippen LogP contribution in [0.25, 0.3) is 0 Å². The van der Waals surface area contributed by atoms with Gasteiger partial charge < -0.3 is 9.30 Å². The number of nitrogens with zero attached hydrogens (tertiary/aromatic N) is 2. The van der Waals surface area contributed by atoms with E-state index >= 15 is 0 Å². The van der Waals surface area contributed by atoms with E-state index in [9.17, 15) is 0 Å². The predicted molar refractivity (Wildman–Crippen MR) is 67.5 cm³/mol. The third-order valence-electron chi connectivity index (χ3n) is 4.26. The van der Waals surface area contributed by atoms with Crippen molar-refractivity contribution in [1.82, 2.24) is 14.8 Å². The summed E-state index contributed by atoms with van der Waals surface area (Å²) in [7, 11) is 1.72. The van der Waals surface area contributed by atoms with Crippen LogP contribution in [0.2, 0.25) is 0 Å². The largest absolute Gasteiger partial charge is 0.383 e. The molecule has 3 rings (SSSR count). The lowest BCUT2D eigenvalue weighted by Gasteiger charge is -2.05. The third kappa shape index (κ3) is 1.95. The fourth-order valence-electron chi connectivity index (χ4n) is 3.36. The van der Waals surface area contributed by atoms with E-state index in [0.717, 1.165) is 23.2 Å². The van der Waals surface area contributed by atoms with Gasteiger partial charge in [-0.3, -0.25) is 5.10 Å². The van der Waals surface area contributed by atoms with Gasteiger partial charge in [0.2, 0.25) is 0 Å². The molecule has 2 saturated carbocycles. The monoisotopic (exact) mass is 253 g/mol. The van der Waals surface area contributed by atoms with E-state index in [1.165, 1.54) is 31.5 Å². The van der Waals surface area contributed by atoms with Gasteiger partial charge in [0, 0.05) is 19.6 Å². The van der Waals surface area contributed by atoms with Crippen LogP contribution in [0.4, 0.5) is 0 Å². The number of methoxy groups -OCH3 is 1. The highest BCUT2D eigenvalue weighted by Crippen LogP contribution is 2.60. The van der Waals surface area contributed by atoms with Crippen molar-refractivity contribution in [2.75, 3.05) is 13.7 Å². The number of fused-ring (bicyclic) bond motifs is 1.